The van der Waals surface area contributed by atoms with E-state index in [9.17, 15) is 13.2 Å². The van der Waals surface area contributed by atoms with Gasteiger partial charge >= 0.3 is 6.18 Å². The molecule has 2 heterocycles. The van der Waals surface area contributed by atoms with Crippen molar-refractivity contribution >= 4 is 10.9 Å². The van der Waals surface area contributed by atoms with E-state index in [-0.39, 0.29) is 18.4 Å². The summed E-state index contributed by atoms with van der Waals surface area (Å²) in [6.45, 7) is 6.21. The van der Waals surface area contributed by atoms with Crippen LogP contribution < -0.4 is 5.32 Å². The van der Waals surface area contributed by atoms with Crippen LogP contribution in [-0.4, -0.2) is 21.3 Å². The first-order chi connectivity index (χ1) is 16.0. The summed E-state index contributed by atoms with van der Waals surface area (Å²) in [5.41, 5.74) is 2.74. The van der Waals surface area contributed by atoms with E-state index < -0.39 is 11.7 Å². The van der Waals surface area contributed by atoms with Crippen LogP contribution in [0.5, 0.6) is 0 Å². The van der Waals surface area contributed by atoms with Gasteiger partial charge in [-0.1, -0.05) is 44.4 Å². The average molecular weight is 476 g/mol. The lowest BCUT2D eigenvalue weighted by molar-refractivity contribution is -0.186. The van der Waals surface area contributed by atoms with Gasteiger partial charge in [0, 0.05) is 24.2 Å². The first-order valence-corrected chi connectivity index (χ1v) is 12.1. The van der Waals surface area contributed by atoms with Crippen LogP contribution in [0.1, 0.15) is 75.6 Å². The maximum Gasteiger partial charge on any atom is 0.406 e. The smallest absolute Gasteiger partial charge is 0.333 e. The fourth-order valence-corrected chi connectivity index (χ4v) is 4.93. The molecule has 0 saturated heterocycles. The van der Waals surface area contributed by atoms with Gasteiger partial charge in [0.15, 0.2) is 0 Å². The molecular formula is C27H33F4N3. The van der Waals surface area contributed by atoms with E-state index in [1.54, 1.807) is 13.1 Å². The van der Waals surface area contributed by atoms with Crippen molar-refractivity contribution in [2.24, 2.45) is 0 Å². The summed E-state index contributed by atoms with van der Waals surface area (Å²) in [5.74, 6) is -0.178. The monoisotopic (exact) mass is 475 g/mol. The molecule has 1 saturated carbocycles. The van der Waals surface area contributed by atoms with Crippen LogP contribution in [0.3, 0.4) is 0 Å². The summed E-state index contributed by atoms with van der Waals surface area (Å²) in [5, 5.41) is 3.51. The van der Waals surface area contributed by atoms with E-state index in [0.29, 0.717) is 16.6 Å². The maximum absolute atomic E-state index is 15.5. The molecule has 4 rings (SSSR count). The van der Waals surface area contributed by atoms with Crippen LogP contribution in [0.2, 0.25) is 0 Å². The predicted molar refractivity (Wildman–Crippen MR) is 128 cm³/mol. The third kappa shape index (κ3) is 4.47. The molecule has 0 aliphatic heterocycles. The van der Waals surface area contributed by atoms with Gasteiger partial charge < -0.3 is 4.57 Å². The first kappa shape index (κ1) is 24.7. The Bertz CT molecular complexity index is 1150. The molecule has 1 N–H and O–H groups in total. The van der Waals surface area contributed by atoms with Crippen molar-refractivity contribution in [2.75, 3.05) is 0 Å². The second-order valence-electron chi connectivity index (χ2n) is 10.0. The van der Waals surface area contributed by atoms with Crippen molar-refractivity contribution in [2.45, 2.75) is 90.5 Å². The highest BCUT2D eigenvalue weighted by Crippen LogP contribution is 2.42. The number of hydrogen-bond donors (Lipinski definition) is 1. The molecule has 0 bridgehead atoms. The van der Waals surface area contributed by atoms with E-state index in [0.717, 1.165) is 74.7 Å². The lowest BCUT2D eigenvalue weighted by Crippen LogP contribution is -2.51. The van der Waals surface area contributed by atoms with Gasteiger partial charge in [-0.2, -0.15) is 13.2 Å². The standard InChI is InChI=1S/C27H33F4N3/c1-5-8-20-21-13-11-17(2)23(28)25(21)34(19-9-6-7-10-19)24(20)22-14-12-18(15-32-22)16-33-26(3,4)27(29,30)31/h11-15,19,33H,5-10,16H2,1-4H3. The zero-order valence-electron chi connectivity index (χ0n) is 20.3. The molecule has 1 aliphatic carbocycles. The summed E-state index contributed by atoms with van der Waals surface area (Å²) < 4.78 is 57.2. The molecule has 1 aliphatic rings. The van der Waals surface area contributed by atoms with Crippen LogP contribution in [0.4, 0.5) is 17.6 Å². The first-order valence-electron chi connectivity index (χ1n) is 12.1. The molecule has 184 valence electrons. The van der Waals surface area contributed by atoms with Crippen LogP contribution in [0, 0.1) is 12.7 Å². The fraction of sp³-hybridized carbons (Fsp3) is 0.519. The summed E-state index contributed by atoms with van der Waals surface area (Å²) in [7, 11) is 0. The molecule has 0 amide bonds. The highest BCUT2D eigenvalue weighted by molar-refractivity contribution is 5.92. The Labute approximate surface area is 198 Å². The Balaban J connectivity index is 1.78. The number of nitrogens with one attached hydrogen (secondary N) is 1. The minimum absolute atomic E-state index is 0.0566. The molecule has 0 atom stereocenters. The maximum atomic E-state index is 15.5. The number of alkyl halides is 3. The Hall–Kier alpha value is -2.41. The van der Waals surface area contributed by atoms with E-state index in [1.165, 1.54) is 0 Å². The van der Waals surface area contributed by atoms with Crippen molar-refractivity contribution < 1.29 is 17.6 Å². The average Bonchev–Trinajstić information content (AvgIpc) is 3.41. The van der Waals surface area contributed by atoms with Gasteiger partial charge in [0.1, 0.15) is 11.4 Å². The molecule has 0 spiro atoms. The molecule has 34 heavy (non-hydrogen) atoms. The third-order valence-electron chi connectivity index (χ3n) is 7.10. The number of hydrogen-bond acceptors (Lipinski definition) is 2. The van der Waals surface area contributed by atoms with Crippen LogP contribution >= 0.6 is 0 Å². The third-order valence-corrected chi connectivity index (χ3v) is 7.10. The summed E-state index contributed by atoms with van der Waals surface area (Å²) >= 11 is 0. The number of fused-ring (bicyclic) bond motifs is 1. The van der Waals surface area contributed by atoms with E-state index >= 15 is 4.39 Å². The Kier molecular flexibility index (Phi) is 6.78. The fourth-order valence-electron chi connectivity index (χ4n) is 4.93. The topological polar surface area (TPSA) is 29.9 Å². The lowest BCUT2D eigenvalue weighted by Gasteiger charge is -2.29. The van der Waals surface area contributed by atoms with Crippen LogP contribution in [0.15, 0.2) is 30.5 Å². The quantitative estimate of drug-likeness (QED) is 0.356. The molecule has 0 unspecified atom stereocenters. The Morgan fingerprint density at radius 3 is 2.38 bits per heavy atom. The van der Waals surface area contributed by atoms with Crippen molar-refractivity contribution in [3.8, 4) is 11.4 Å². The second kappa shape index (κ2) is 9.33. The minimum atomic E-state index is -4.35. The molecular weight excluding hydrogens is 442 g/mol. The Morgan fingerprint density at radius 2 is 1.79 bits per heavy atom. The van der Waals surface area contributed by atoms with Gasteiger partial charge in [0.05, 0.1) is 16.9 Å². The van der Waals surface area contributed by atoms with Crippen LogP contribution in [-0.2, 0) is 13.0 Å². The van der Waals surface area contributed by atoms with E-state index in [4.69, 9.17) is 0 Å². The number of aryl methyl sites for hydroxylation is 2. The van der Waals surface area contributed by atoms with Gasteiger partial charge in [0.25, 0.3) is 0 Å². The van der Waals surface area contributed by atoms with Crippen molar-refractivity contribution in [3.63, 3.8) is 0 Å². The number of aromatic nitrogens is 2. The number of benzene rings is 1. The number of pyridine rings is 1. The largest absolute Gasteiger partial charge is 0.406 e. The number of rotatable bonds is 7. The summed E-state index contributed by atoms with van der Waals surface area (Å²) in [6.07, 6.45) is 3.25. The van der Waals surface area contributed by atoms with Crippen molar-refractivity contribution in [1.82, 2.24) is 14.9 Å². The summed E-state index contributed by atoms with van der Waals surface area (Å²) in [6, 6.07) is 7.75. The van der Waals surface area contributed by atoms with Gasteiger partial charge in [-0.3, -0.25) is 10.3 Å². The zero-order chi connectivity index (χ0) is 24.7. The Morgan fingerprint density at radius 1 is 1.09 bits per heavy atom. The highest BCUT2D eigenvalue weighted by atomic mass is 19.4. The molecule has 3 nitrogen and oxygen atoms in total. The van der Waals surface area contributed by atoms with Crippen molar-refractivity contribution in [3.05, 3.63) is 53.0 Å². The molecule has 7 heteroatoms. The zero-order valence-corrected chi connectivity index (χ0v) is 20.3. The summed E-state index contributed by atoms with van der Waals surface area (Å²) in [4.78, 5) is 4.67. The second-order valence-corrected chi connectivity index (χ2v) is 10.0. The lowest BCUT2D eigenvalue weighted by atomic mass is 10.0. The molecule has 0 radical (unpaired) electrons. The normalized spacial score (nSPS) is 15.5. The van der Waals surface area contributed by atoms with Gasteiger partial charge in [0.2, 0.25) is 0 Å². The highest BCUT2D eigenvalue weighted by Gasteiger charge is 2.46. The SMILES string of the molecule is CCCc1c(-c2ccc(CNC(C)(C)C(F)(F)F)cn2)n(C2CCCC2)c2c(F)c(C)ccc12. The number of nitrogens with zero attached hydrogens (tertiary/aromatic N) is 2. The number of halogens is 4. The van der Waals surface area contributed by atoms with E-state index in [2.05, 4.69) is 21.8 Å². The van der Waals surface area contributed by atoms with Gasteiger partial charge in [-0.05, 0) is 62.8 Å². The van der Waals surface area contributed by atoms with Gasteiger partial charge in [-0.15, -0.1) is 0 Å². The molecule has 1 fully saturated rings. The van der Waals surface area contributed by atoms with Gasteiger partial charge in [-0.25, -0.2) is 4.39 Å². The van der Waals surface area contributed by atoms with Crippen molar-refractivity contribution in [1.29, 1.82) is 0 Å². The predicted octanol–water partition coefficient (Wildman–Crippen LogP) is 7.65. The van der Waals surface area contributed by atoms with Crippen LogP contribution in [0.25, 0.3) is 22.3 Å². The minimum Gasteiger partial charge on any atom is -0.333 e. The molecule has 3 aromatic rings. The molecule has 1 aromatic carbocycles. The molecule has 2 aromatic heterocycles. The van der Waals surface area contributed by atoms with E-state index in [1.807, 2.05) is 24.3 Å².